The molecule has 0 atom stereocenters. The molecule has 0 amide bonds. The maximum atomic E-state index is 13.4. The molecule has 3 aromatic heterocycles. The van der Waals surface area contributed by atoms with Gasteiger partial charge in [0.2, 0.25) is 0 Å². The van der Waals surface area contributed by atoms with Crippen LogP contribution >= 0.6 is 34.9 Å². The first-order valence-corrected chi connectivity index (χ1v) is 11.9. The van der Waals surface area contributed by atoms with Crippen LogP contribution in [0.1, 0.15) is 28.8 Å². The minimum Gasteiger partial charge on any atom is -0.248 e. The van der Waals surface area contributed by atoms with Gasteiger partial charge < -0.3 is 0 Å². The van der Waals surface area contributed by atoms with E-state index in [4.69, 9.17) is 4.98 Å². The SMILES string of the molecule is CSc1nc2sc3c(c2c2nnc(SCc4cccc(F)c4)n12)CCCC3. The van der Waals surface area contributed by atoms with E-state index in [9.17, 15) is 4.39 Å². The quantitative estimate of drug-likeness (QED) is 0.330. The number of hydrogen-bond donors (Lipinski definition) is 0. The second-order valence-electron chi connectivity index (χ2n) is 6.55. The number of fused-ring (bicyclic) bond motifs is 5. The van der Waals surface area contributed by atoms with E-state index in [1.165, 1.54) is 34.7 Å². The molecule has 138 valence electrons. The lowest BCUT2D eigenvalue weighted by Crippen LogP contribution is -2.00. The third-order valence-electron chi connectivity index (χ3n) is 4.84. The molecule has 4 nitrogen and oxygen atoms in total. The van der Waals surface area contributed by atoms with E-state index in [0.29, 0.717) is 5.75 Å². The molecule has 27 heavy (non-hydrogen) atoms. The van der Waals surface area contributed by atoms with E-state index in [2.05, 4.69) is 14.6 Å². The van der Waals surface area contributed by atoms with Gasteiger partial charge in [0.05, 0.1) is 5.39 Å². The minimum atomic E-state index is -0.211. The lowest BCUT2D eigenvalue weighted by atomic mass is 9.97. The van der Waals surface area contributed by atoms with Crippen LogP contribution in [0.4, 0.5) is 4.39 Å². The van der Waals surface area contributed by atoms with Crippen LogP contribution < -0.4 is 0 Å². The minimum absolute atomic E-state index is 0.211. The zero-order chi connectivity index (χ0) is 18.4. The second kappa shape index (κ2) is 7.07. The van der Waals surface area contributed by atoms with Gasteiger partial charge in [-0.25, -0.2) is 13.8 Å². The smallest absolute Gasteiger partial charge is 0.198 e. The summed E-state index contributed by atoms with van der Waals surface area (Å²) in [6.45, 7) is 0. The lowest BCUT2D eigenvalue weighted by molar-refractivity contribution is 0.626. The molecule has 0 bridgehead atoms. The summed E-state index contributed by atoms with van der Waals surface area (Å²) in [7, 11) is 0. The number of halogens is 1. The van der Waals surface area contributed by atoms with E-state index in [-0.39, 0.29) is 5.82 Å². The van der Waals surface area contributed by atoms with Crippen molar-refractivity contribution >= 4 is 50.7 Å². The van der Waals surface area contributed by atoms with Gasteiger partial charge in [-0.3, -0.25) is 0 Å². The number of thioether (sulfide) groups is 2. The van der Waals surface area contributed by atoms with Crippen LogP contribution in [0.5, 0.6) is 0 Å². The van der Waals surface area contributed by atoms with Gasteiger partial charge >= 0.3 is 0 Å². The van der Waals surface area contributed by atoms with E-state index in [0.717, 1.165) is 39.2 Å². The number of aromatic nitrogens is 4. The molecule has 3 heterocycles. The van der Waals surface area contributed by atoms with Crippen molar-refractivity contribution < 1.29 is 4.39 Å². The fourth-order valence-electron chi connectivity index (χ4n) is 3.61. The van der Waals surface area contributed by atoms with Gasteiger partial charge in [0.1, 0.15) is 10.6 Å². The van der Waals surface area contributed by atoms with Crippen molar-refractivity contribution in [1.82, 2.24) is 19.6 Å². The molecule has 0 aliphatic heterocycles. The molecule has 0 saturated heterocycles. The first-order valence-electron chi connectivity index (χ1n) is 8.85. The van der Waals surface area contributed by atoms with E-state index in [1.807, 2.05) is 23.7 Å². The monoisotopic (exact) mass is 416 g/mol. The van der Waals surface area contributed by atoms with Gasteiger partial charge in [0, 0.05) is 10.6 Å². The molecule has 4 aromatic rings. The Hall–Kier alpha value is -1.64. The van der Waals surface area contributed by atoms with Gasteiger partial charge in [0.25, 0.3) is 0 Å². The molecular formula is C19H17FN4S3. The van der Waals surface area contributed by atoms with Gasteiger partial charge in [0.15, 0.2) is 16.0 Å². The fraction of sp³-hybridized carbons (Fsp3) is 0.316. The molecule has 1 aliphatic rings. The van der Waals surface area contributed by atoms with Gasteiger partial charge in [-0.15, -0.1) is 21.5 Å². The zero-order valence-corrected chi connectivity index (χ0v) is 17.2. The van der Waals surface area contributed by atoms with Crippen molar-refractivity contribution in [3.8, 4) is 0 Å². The van der Waals surface area contributed by atoms with Crippen molar-refractivity contribution in [2.24, 2.45) is 0 Å². The maximum Gasteiger partial charge on any atom is 0.198 e. The lowest BCUT2D eigenvalue weighted by Gasteiger charge is -2.10. The van der Waals surface area contributed by atoms with Crippen LogP contribution in [0.25, 0.3) is 15.9 Å². The molecule has 0 spiro atoms. The third-order valence-corrected chi connectivity index (χ3v) is 7.66. The van der Waals surface area contributed by atoms with E-state index in [1.54, 1.807) is 35.7 Å². The average Bonchev–Trinajstić information content (AvgIpc) is 3.26. The summed E-state index contributed by atoms with van der Waals surface area (Å²) in [5.74, 6) is 0.434. The van der Waals surface area contributed by atoms with E-state index < -0.39 is 0 Å². The fourth-order valence-corrected chi connectivity index (χ4v) is 6.39. The molecule has 0 N–H and O–H groups in total. The largest absolute Gasteiger partial charge is 0.248 e. The topological polar surface area (TPSA) is 43.1 Å². The summed E-state index contributed by atoms with van der Waals surface area (Å²) in [5.41, 5.74) is 3.26. The Kier molecular flexibility index (Phi) is 4.57. The van der Waals surface area contributed by atoms with Crippen LogP contribution in [-0.2, 0) is 18.6 Å². The number of rotatable bonds is 4. The summed E-state index contributed by atoms with van der Waals surface area (Å²) in [4.78, 5) is 7.46. The zero-order valence-electron chi connectivity index (χ0n) is 14.7. The Bertz CT molecular complexity index is 1150. The Morgan fingerprint density at radius 2 is 2.07 bits per heavy atom. The Balaban J connectivity index is 1.61. The van der Waals surface area contributed by atoms with Crippen molar-refractivity contribution in [3.05, 3.63) is 46.1 Å². The van der Waals surface area contributed by atoms with Crippen molar-refractivity contribution in [2.75, 3.05) is 6.26 Å². The summed E-state index contributed by atoms with van der Waals surface area (Å²) in [6, 6.07) is 6.70. The Labute approximate surface area is 168 Å². The predicted octanol–water partition coefficient (Wildman–Crippen LogP) is 5.37. The van der Waals surface area contributed by atoms with Gasteiger partial charge in [-0.2, -0.15) is 0 Å². The Morgan fingerprint density at radius 1 is 1.19 bits per heavy atom. The number of benzene rings is 1. The van der Waals surface area contributed by atoms with Gasteiger partial charge in [-0.1, -0.05) is 35.7 Å². The number of hydrogen-bond acceptors (Lipinski definition) is 6. The van der Waals surface area contributed by atoms with Crippen LogP contribution in [0, 0.1) is 5.82 Å². The summed E-state index contributed by atoms with van der Waals surface area (Å²) >= 11 is 4.99. The third kappa shape index (κ3) is 3.03. The van der Waals surface area contributed by atoms with Crippen LogP contribution in [0.2, 0.25) is 0 Å². The highest BCUT2D eigenvalue weighted by molar-refractivity contribution is 7.99. The molecule has 0 radical (unpaired) electrons. The number of aryl methyl sites for hydroxylation is 2. The number of nitrogens with zero attached hydrogens (tertiary/aromatic N) is 4. The molecule has 8 heteroatoms. The highest BCUT2D eigenvalue weighted by Crippen LogP contribution is 2.39. The second-order valence-corrected chi connectivity index (χ2v) is 9.35. The van der Waals surface area contributed by atoms with Crippen molar-refractivity contribution in [3.63, 3.8) is 0 Å². The molecule has 5 rings (SSSR count). The molecule has 1 aliphatic carbocycles. The maximum absolute atomic E-state index is 13.4. The predicted molar refractivity (Wildman–Crippen MR) is 111 cm³/mol. The standard InChI is InChI=1S/C19H17FN4S3/c1-25-18-21-17-15(13-7-2-3-8-14(13)27-17)16-22-23-19(24(16)18)26-10-11-5-4-6-12(20)9-11/h4-6,9H,2-3,7-8,10H2,1H3. The van der Waals surface area contributed by atoms with Crippen LogP contribution in [-0.4, -0.2) is 25.8 Å². The van der Waals surface area contributed by atoms with Gasteiger partial charge in [-0.05, 0) is 55.2 Å². The summed E-state index contributed by atoms with van der Waals surface area (Å²) in [6.07, 6.45) is 6.76. The molecule has 1 aromatic carbocycles. The van der Waals surface area contributed by atoms with Crippen LogP contribution in [0.3, 0.4) is 0 Å². The summed E-state index contributed by atoms with van der Waals surface area (Å²) < 4.78 is 15.5. The highest BCUT2D eigenvalue weighted by Gasteiger charge is 2.23. The number of thiophene rings is 1. The summed E-state index contributed by atoms with van der Waals surface area (Å²) in [5, 5.41) is 11.9. The highest BCUT2D eigenvalue weighted by atomic mass is 32.2. The molecular weight excluding hydrogens is 399 g/mol. The molecule has 0 fully saturated rings. The molecule has 0 saturated carbocycles. The normalized spacial score (nSPS) is 14.1. The van der Waals surface area contributed by atoms with Crippen molar-refractivity contribution in [2.45, 2.75) is 41.7 Å². The average molecular weight is 417 g/mol. The molecule has 0 unspecified atom stereocenters. The first kappa shape index (κ1) is 17.5. The van der Waals surface area contributed by atoms with Crippen LogP contribution in [0.15, 0.2) is 34.6 Å². The first-order chi connectivity index (χ1) is 13.2. The van der Waals surface area contributed by atoms with E-state index >= 15 is 0 Å². The Morgan fingerprint density at radius 3 is 2.93 bits per heavy atom. The van der Waals surface area contributed by atoms with Crippen molar-refractivity contribution in [1.29, 1.82) is 0 Å².